The molecule has 2 N–H and O–H groups in total. The van der Waals surface area contributed by atoms with E-state index in [1.807, 2.05) is 37.3 Å². The van der Waals surface area contributed by atoms with E-state index in [9.17, 15) is 14.4 Å². The molecule has 0 spiro atoms. The van der Waals surface area contributed by atoms with Gasteiger partial charge in [-0.05, 0) is 25.1 Å². The number of nitrogens with zero attached hydrogens (tertiary/aromatic N) is 2. The molecule has 0 aliphatic rings. The van der Waals surface area contributed by atoms with Crippen LogP contribution in [0.5, 0.6) is 0 Å². The van der Waals surface area contributed by atoms with Crippen LogP contribution in [0.3, 0.4) is 0 Å². The lowest BCUT2D eigenvalue weighted by Crippen LogP contribution is -2.42. The lowest BCUT2D eigenvalue weighted by molar-refractivity contribution is -0.123. The number of carbonyl (C=O) groups is 3. The summed E-state index contributed by atoms with van der Waals surface area (Å²) in [7, 11) is 1.50. The number of carbonyl (C=O) groups excluding carboxylic acids is 3. The van der Waals surface area contributed by atoms with Gasteiger partial charge in [0.15, 0.2) is 6.61 Å². The van der Waals surface area contributed by atoms with Crippen molar-refractivity contribution >= 4 is 39.5 Å². The lowest BCUT2D eigenvalue weighted by Gasteiger charge is -2.06. The molecule has 152 valence electrons. The third kappa shape index (κ3) is 4.98. The summed E-state index contributed by atoms with van der Waals surface area (Å²) in [5.41, 5.74) is 1.66. The number of amides is 3. The molecule has 0 aliphatic heterocycles. The fraction of sp³-hybridized carbons (Fsp3) is 0.263. The molecule has 2 aromatic heterocycles. The maximum atomic E-state index is 12.3. The van der Waals surface area contributed by atoms with Crippen LogP contribution in [0.1, 0.15) is 15.4 Å². The highest BCUT2D eigenvalue weighted by atomic mass is 32.1. The van der Waals surface area contributed by atoms with Gasteiger partial charge in [-0.2, -0.15) is 5.10 Å². The number of nitrogens with one attached hydrogen (secondary N) is 2. The molecule has 0 bridgehead atoms. The van der Waals surface area contributed by atoms with E-state index in [0.29, 0.717) is 11.5 Å². The zero-order valence-electron chi connectivity index (χ0n) is 15.9. The summed E-state index contributed by atoms with van der Waals surface area (Å²) in [5, 5.41) is 9.86. The van der Waals surface area contributed by atoms with Crippen LogP contribution in [-0.4, -0.2) is 54.6 Å². The van der Waals surface area contributed by atoms with E-state index in [4.69, 9.17) is 9.47 Å². The van der Waals surface area contributed by atoms with Gasteiger partial charge in [0.05, 0.1) is 18.0 Å². The largest absolute Gasteiger partial charge is 0.451 e. The Kier molecular flexibility index (Phi) is 6.57. The third-order valence-corrected chi connectivity index (χ3v) is 5.02. The number of aryl methyl sites for hydroxylation is 1. The first kappa shape index (κ1) is 20.5. The van der Waals surface area contributed by atoms with E-state index >= 15 is 0 Å². The molecule has 2 heterocycles. The molecular weight excluding hydrogens is 396 g/mol. The minimum Gasteiger partial charge on any atom is -0.451 e. The van der Waals surface area contributed by atoms with Crippen molar-refractivity contribution in [3.63, 3.8) is 0 Å². The van der Waals surface area contributed by atoms with Crippen molar-refractivity contribution in [3.05, 3.63) is 47.0 Å². The van der Waals surface area contributed by atoms with Crippen LogP contribution < -0.4 is 10.6 Å². The van der Waals surface area contributed by atoms with Gasteiger partial charge in [-0.15, -0.1) is 11.3 Å². The van der Waals surface area contributed by atoms with Gasteiger partial charge < -0.3 is 14.8 Å². The number of aromatic nitrogens is 2. The van der Waals surface area contributed by atoms with E-state index in [2.05, 4.69) is 15.7 Å². The van der Waals surface area contributed by atoms with Gasteiger partial charge >= 0.3 is 12.0 Å². The molecule has 0 fully saturated rings. The van der Waals surface area contributed by atoms with Crippen LogP contribution in [0.4, 0.5) is 4.79 Å². The first-order chi connectivity index (χ1) is 14.0. The number of rotatable bonds is 7. The fourth-order valence-electron chi connectivity index (χ4n) is 2.57. The molecule has 0 saturated heterocycles. The number of hydrogen-bond acceptors (Lipinski definition) is 7. The maximum Gasteiger partial charge on any atom is 0.348 e. The van der Waals surface area contributed by atoms with E-state index in [1.165, 1.54) is 18.4 Å². The van der Waals surface area contributed by atoms with Gasteiger partial charge in [0.1, 0.15) is 9.71 Å². The molecule has 0 radical (unpaired) electrons. The van der Waals surface area contributed by atoms with Gasteiger partial charge in [0.25, 0.3) is 5.91 Å². The predicted molar refractivity (Wildman–Crippen MR) is 107 cm³/mol. The number of esters is 1. The van der Waals surface area contributed by atoms with Gasteiger partial charge in [-0.1, -0.05) is 18.2 Å². The Labute approximate surface area is 170 Å². The van der Waals surface area contributed by atoms with Crippen LogP contribution in [0.15, 0.2) is 36.4 Å². The summed E-state index contributed by atoms with van der Waals surface area (Å²) in [6.07, 6.45) is 0. The van der Waals surface area contributed by atoms with E-state index < -0.39 is 24.5 Å². The van der Waals surface area contributed by atoms with Crippen molar-refractivity contribution in [2.75, 3.05) is 26.9 Å². The second-order valence-electron chi connectivity index (χ2n) is 6.04. The number of ether oxygens (including phenoxy) is 2. The number of hydrogen-bond donors (Lipinski definition) is 2. The molecule has 29 heavy (non-hydrogen) atoms. The van der Waals surface area contributed by atoms with Crippen LogP contribution >= 0.6 is 11.3 Å². The molecule has 3 rings (SSSR count). The second-order valence-corrected chi connectivity index (χ2v) is 7.07. The number of para-hydroxylation sites is 1. The fourth-order valence-corrected chi connectivity index (χ4v) is 3.64. The lowest BCUT2D eigenvalue weighted by atomic mass is 10.3. The molecule has 10 heteroatoms. The molecule has 0 unspecified atom stereocenters. The van der Waals surface area contributed by atoms with Gasteiger partial charge in [0.2, 0.25) is 0 Å². The molecule has 0 aliphatic carbocycles. The molecule has 0 atom stereocenters. The van der Waals surface area contributed by atoms with Crippen LogP contribution in [0.25, 0.3) is 15.9 Å². The van der Waals surface area contributed by atoms with E-state index in [0.717, 1.165) is 21.6 Å². The van der Waals surface area contributed by atoms with Gasteiger partial charge in [-0.3, -0.25) is 10.1 Å². The van der Waals surface area contributed by atoms with Crippen molar-refractivity contribution in [2.45, 2.75) is 6.92 Å². The zero-order valence-corrected chi connectivity index (χ0v) is 16.7. The third-order valence-electron chi connectivity index (χ3n) is 3.93. The first-order valence-corrected chi connectivity index (χ1v) is 9.59. The summed E-state index contributed by atoms with van der Waals surface area (Å²) < 4.78 is 11.6. The quantitative estimate of drug-likeness (QED) is 0.450. The Bertz CT molecular complexity index is 1030. The normalized spacial score (nSPS) is 10.7. The summed E-state index contributed by atoms with van der Waals surface area (Å²) in [5.74, 6) is -1.36. The van der Waals surface area contributed by atoms with Gasteiger partial charge in [0, 0.05) is 19.0 Å². The minimum atomic E-state index is -0.721. The SMILES string of the molecule is COCCNC(=O)NC(=O)COC(=O)c1cc2c(C)nn(-c3ccccc3)c2s1. The van der Waals surface area contributed by atoms with E-state index in [1.54, 1.807) is 10.7 Å². The predicted octanol–water partition coefficient (Wildman–Crippen LogP) is 2.02. The van der Waals surface area contributed by atoms with Crippen molar-refractivity contribution in [1.82, 2.24) is 20.4 Å². The Morgan fingerprint density at radius 3 is 2.69 bits per heavy atom. The Morgan fingerprint density at radius 1 is 1.21 bits per heavy atom. The van der Waals surface area contributed by atoms with Crippen LogP contribution in [0.2, 0.25) is 0 Å². The topological polar surface area (TPSA) is 112 Å². The number of urea groups is 1. The van der Waals surface area contributed by atoms with Crippen molar-refractivity contribution in [3.8, 4) is 5.69 Å². The number of imide groups is 1. The van der Waals surface area contributed by atoms with Crippen molar-refractivity contribution in [1.29, 1.82) is 0 Å². The number of thiophene rings is 1. The highest BCUT2D eigenvalue weighted by molar-refractivity contribution is 7.20. The number of benzene rings is 1. The average Bonchev–Trinajstić information content (AvgIpc) is 3.28. The van der Waals surface area contributed by atoms with Crippen LogP contribution in [-0.2, 0) is 14.3 Å². The summed E-state index contributed by atoms with van der Waals surface area (Å²) in [6.45, 7) is 1.88. The van der Waals surface area contributed by atoms with E-state index in [-0.39, 0.29) is 6.54 Å². The number of methoxy groups -OCH3 is 1. The summed E-state index contributed by atoms with van der Waals surface area (Å²) in [4.78, 5) is 36.7. The molecule has 3 aromatic rings. The molecule has 0 saturated carbocycles. The molecular formula is C19H20N4O5S. The highest BCUT2D eigenvalue weighted by Crippen LogP contribution is 2.30. The minimum absolute atomic E-state index is 0.259. The van der Waals surface area contributed by atoms with Crippen LogP contribution in [0, 0.1) is 6.92 Å². The standard InChI is InChI=1S/C19H20N4O5S/c1-12-14-10-15(29-17(14)23(22-12)13-6-4-3-5-7-13)18(25)28-11-16(24)21-19(26)20-8-9-27-2/h3-7,10H,8-9,11H2,1-2H3,(H2,20,21,24,26). The smallest absolute Gasteiger partial charge is 0.348 e. The monoisotopic (exact) mass is 416 g/mol. The zero-order chi connectivity index (χ0) is 20.8. The average molecular weight is 416 g/mol. The first-order valence-electron chi connectivity index (χ1n) is 8.78. The maximum absolute atomic E-state index is 12.3. The van der Waals surface area contributed by atoms with Gasteiger partial charge in [-0.25, -0.2) is 14.3 Å². The Hall–Kier alpha value is -3.24. The number of fused-ring (bicyclic) bond motifs is 1. The summed E-state index contributed by atoms with van der Waals surface area (Å²) >= 11 is 1.23. The Balaban J connectivity index is 1.63. The molecule has 9 nitrogen and oxygen atoms in total. The molecule has 1 aromatic carbocycles. The summed E-state index contributed by atoms with van der Waals surface area (Å²) in [6, 6.07) is 10.6. The Morgan fingerprint density at radius 2 is 1.97 bits per heavy atom. The van der Waals surface area contributed by atoms with Crippen molar-refractivity contribution in [2.24, 2.45) is 0 Å². The highest BCUT2D eigenvalue weighted by Gasteiger charge is 2.19. The van der Waals surface area contributed by atoms with Crippen molar-refractivity contribution < 1.29 is 23.9 Å². The molecule has 3 amide bonds. The second kappa shape index (κ2) is 9.30.